The molecule has 1 aromatic rings. The van der Waals surface area contributed by atoms with E-state index in [2.05, 4.69) is 17.2 Å². The van der Waals surface area contributed by atoms with Crippen LogP contribution in [-0.4, -0.2) is 16.0 Å². The number of thiocarbonyl (C=S) groups is 1. The van der Waals surface area contributed by atoms with Crippen LogP contribution in [0.5, 0.6) is 0 Å². The highest BCUT2D eigenvalue weighted by molar-refractivity contribution is 7.80. The summed E-state index contributed by atoms with van der Waals surface area (Å²) in [6, 6.07) is 2.41. The maximum absolute atomic E-state index is 5.61. The zero-order chi connectivity index (χ0) is 10.1. The molecule has 0 amide bonds. The van der Waals surface area contributed by atoms with Gasteiger partial charge in [-0.25, -0.2) is 0 Å². The fraction of sp³-hybridized carbons (Fsp3) is 0.400. The number of aromatic nitrogens is 1. The minimum absolute atomic E-state index is 0.420. The van der Waals surface area contributed by atoms with Crippen LogP contribution in [0.15, 0.2) is 18.5 Å². The topological polar surface area (TPSA) is 50.9 Å². The first-order valence-corrected chi connectivity index (χ1v) is 5.09. The summed E-state index contributed by atoms with van der Waals surface area (Å²) in [6.45, 7) is 2.22. The van der Waals surface area contributed by atoms with Gasteiger partial charge in [0.2, 0.25) is 0 Å². The van der Waals surface area contributed by atoms with Gasteiger partial charge in [0, 0.05) is 17.8 Å². The fourth-order valence-corrected chi connectivity index (χ4v) is 1.63. The Labute approximate surface area is 88.7 Å². The van der Waals surface area contributed by atoms with Gasteiger partial charge in [0.05, 0.1) is 11.9 Å². The number of nitrogens with two attached hydrogens (primary N) is 1. The standard InChI is InChI=1S/C10H13N3S/c1-6-4-8(6)13-9-5-12-3-2-7(9)10(11)14/h2-3,5-6,8,13H,4H2,1H3,(H2,11,14). The molecule has 0 spiro atoms. The molecule has 14 heavy (non-hydrogen) atoms. The van der Waals surface area contributed by atoms with E-state index in [-0.39, 0.29) is 0 Å². The van der Waals surface area contributed by atoms with Crippen molar-refractivity contribution in [3.8, 4) is 0 Å². The van der Waals surface area contributed by atoms with Crippen molar-refractivity contribution in [3.63, 3.8) is 0 Å². The SMILES string of the molecule is CC1CC1Nc1cnccc1C(N)=S. The summed E-state index contributed by atoms with van der Waals surface area (Å²) in [5.74, 6) is 0.745. The quantitative estimate of drug-likeness (QED) is 0.738. The number of hydrogen-bond donors (Lipinski definition) is 2. The Morgan fingerprint density at radius 1 is 1.71 bits per heavy atom. The van der Waals surface area contributed by atoms with Gasteiger partial charge in [-0.15, -0.1) is 0 Å². The molecular weight excluding hydrogens is 194 g/mol. The Morgan fingerprint density at radius 2 is 2.43 bits per heavy atom. The molecule has 0 aromatic carbocycles. The second-order valence-electron chi connectivity index (χ2n) is 3.75. The third-order valence-corrected chi connectivity index (χ3v) is 2.76. The van der Waals surface area contributed by atoms with Gasteiger partial charge < -0.3 is 11.1 Å². The molecule has 1 heterocycles. The summed E-state index contributed by atoms with van der Waals surface area (Å²) in [4.78, 5) is 4.48. The minimum Gasteiger partial charge on any atom is -0.389 e. The van der Waals surface area contributed by atoms with E-state index in [0.29, 0.717) is 11.0 Å². The van der Waals surface area contributed by atoms with Gasteiger partial charge in [-0.1, -0.05) is 19.1 Å². The first kappa shape index (κ1) is 9.40. The summed E-state index contributed by atoms with van der Waals surface area (Å²) < 4.78 is 0. The average molecular weight is 207 g/mol. The van der Waals surface area contributed by atoms with E-state index in [0.717, 1.165) is 17.2 Å². The van der Waals surface area contributed by atoms with Gasteiger partial charge in [-0.05, 0) is 18.4 Å². The summed E-state index contributed by atoms with van der Waals surface area (Å²) >= 11 is 4.96. The summed E-state index contributed by atoms with van der Waals surface area (Å²) in [5, 5.41) is 3.39. The van der Waals surface area contributed by atoms with Crippen LogP contribution in [0.4, 0.5) is 5.69 Å². The van der Waals surface area contributed by atoms with E-state index in [4.69, 9.17) is 18.0 Å². The summed E-state index contributed by atoms with van der Waals surface area (Å²) in [6.07, 6.45) is 4.70. The third kappa shape index (κ3) is 1.85. The van der Waals surface area contributed by atoms with Crippen LogP contribution < -0.4 is 11.1 Å². The van der Waals surface area contributed by atoms with Crippen LogP contribution >= 0.6 is 12.2 Å². The van der Waals surface area contributed by atoms with E-state index in [1.807, 2.05) is 6.07 Å². The average Bonchev–Trinajstić information content (AvgIpc) is 2.82. The molecule has 0 radical (unpaired) electrons. The van der Waals surface area contributed by atoms with Gasteiger partial charge in [0.1, 0.15) is 4.99 Å². The predicted molar refractivity (Wildman–Crippen MR) is 61.3 cm³/mol. The lowest BCUT2D eigenvalue weighted by Crippen LogP contribution is -2.14. The molecule has 2 rings (SSSR count). The lowest BCUT2D eigenvalue weighted by Gasteiger charge is -2.09. The first-order chi connectivity index (χ1) is 6.68. The molecule has 3 N–H and O–H groups in total. The van der Waals surface area contributed by atoms with E-state index in [1.54, 1.807) is 12.4 Å². The normalized spacial score (nSPS) is 24.4. The van der Waals surface area contributed by atoms with Crippen LogP contribution in [-0.2, 0) is 0 Å². The summed E-state index contributed by atoms with van der Waals surface area (Å²) in [5.41, 5.74) is 7.45. The largest absolute Gasteiger partial charge is 0.389 e. The summed E-state index contributed by atoms with van der Waals surface area (Å²) in [7, 11) is 0. The first-order valence-electron chi connectivity index (χ1n) is 4.69. The molecule has 2 unspecified atom stereocenters. The van der Waals surface area contributed by atoms with Crippen molar-refractivity contribution in [1.82, 2.24) is 4.98 Å². The van der Waals surface area contributed by atoms with Gasteiger partial charge in [0.25, 0.3) is 0 Å². The van der Waals surface area contributed by atoms with E-state index in [9.17, 15) is 0 Å². The van der Waals surface area contributed by atoms with Crippen molar-refractivity contribution in [2.45, 2.75) is 19.4 Å². The molecule has 1 saturated carbocycles. The van der Waals surface area contributed by atoms with Crippen LogP contribution in [0, 0.1) is 5.92 Å². The molecule has 4 heteroatoms. The molecular formula is C10H13N3S. The highest BCUT2D eigenvalue weighted by Crippen LogP contribution is 2.33. The van der Waals surface area contributed by atoms with Crippen LogP contribution in [0.25, 0.3) is 0 Å². The lowest BCUT2D eigenvalue weighted by atomic mass is 10.2. The Hall–Kier alpha value is -1.16. The van der Waals surface area contributed by atoms with Crippen molar-refractivity contribution < 1.29 is 0 Å². The molecule has 1 aromatic heterocycles. The van der Waals surface area contributed by atoms with Gasteiger partial charge >= 0.3 is 0 Å². The number of anilines is 1. The Kier molecular flexibility index (Phi) is 2.37. The van der Waals surface area contributed by atoms with Crippen molar-refractivity contribution in [2.24, 2.45) is 11.7 Å². The van der Waals surface area contributed by atoms with Crippen molar-refractivity contribution in [2.75, 3.05) is 5.32 Å². The molecule has 74 valence electrons. The second kappa shape index (κ2) is 3.53. The minimum atomic E-state index is 0.420. The number of pyridine rings is 1. The Bertz CT molecular complexity index is 364. The molecule has 1 aliphatic carbocycles. The van der Waals surface area contributed by atoms with Gasteiger partial charge in [-0.2, -0.15) is 0 Å². The maximum atomic E-state index is 5.61. The molecule has 0 saturated heterocycles. The van der Waals surface area contributed by atoms with Crippen molar-refractivity contribution in [1.29, 1.82) is 0 Å². The molecule has 0 aliphatic heterocycles. The van der Waals surface area contributed by atoms with Gasteiger partial charge in [-0.3, -0.25) is 4.98 Å². The highest BCUT2D eigenvalue weighted by Gasteiger charge is 2.32. The number of nitrogens with zero attached hydrogens (tertiary/aromatic N) is 1. The lowest BCUT2D eigenvalue weighted by molar-refractivity contribution is 0.928. The highest BCUT2D eigenvalue weighted by atomic mass is 32.1. The van der Waals surface area contributed by atoms with E-state index in [1.165, 1.54) is 6.42 Å². The predicted octanol–water partition coefficient (Wildman–Crippen LogP) is 1.54. The number of hydrogen-bond acceptors (Lipinski definition) is 3. The molecule has 2 atom stereocenters. The number of nitrogens with one attached hydrogen (secondary N) is 1. The second-order valence-corrected chi connectivity index (χ2v) is 4.19. The van der Waals surface area contributed by atoms with E-state index >= 15 is 0 Å². The molecule has 0 bridgehead atoms. The van der Waals surface area contributed by atoms with Crippen molar-refractivity contribution in [3.05, 3.63) is 24.0 Å². The fourth-order valence-electron chi connectivity index (χ4n) is 1.45. The zero-order valence-corrected chi connectivity index (χ0v) is 8.84. The Balaban J connectivity index is 2.19. The van der Waals surface area contributed by atoms with E-state index < -0.39 is 0 Å². The zero-order valence-electron chi connectivity index (χ0n) is 8.03. The van der Waals surface area contributed by atoms with Crippen LogP contribution in [0.2, 0.25) is 0 Å². The van der Waals surface area contributed by atoms with Crippen LogP contribution in [0.3, 0.4) is 0 Å². The molecule has 1 aliphatic rings. The third-order valence-electron chi connectivity index (χ3n) is 2.54. The van der Waals surface area contributed by atoms with Gasteiger partial charge in [0.15, 0.2) is 0 Å². The Morgan fingerprint density at radius 3 is 3.00 bits per heavy atom. The number of rotatable bonds is 3. The van der Waals surface area contributed by atoms with Crippen molar-refractivity contribution >= 4 is 22.9 Å². The monoisotopic (exact) mass is 207 g/mol. The maximum Gasteiger partial charge on any atom is 0.106 e. The molecule has 3 nitrogen and oxygen atoms in total. The smallest absolute Gasteiger partial charge is 0.106 e. The molecule has 1 fully saturated rings. The van der Waals surface area contributed by atoms with Crippen LogP contribution in [0.1, 0.15) is 18.9 Å².